The van der Waals surface area contributed by atoms with Gasteiger partial charge in [0, 0.05) is 18.8 Å². The first-order valence-electron chi connectivity index (χ1n) is 6.20. The number of H-pyrrole nitrogens is 1. The molecule has 0 unspecified atom stereocenters. The van der Waals surface area contributed by atoms with Crippen molar-refractivity contribution in [1.29, 1.82) is 0 Å². The molecule has 0 bridgehead atoms. The zero-order valence-electron chi connectivity index (χ0n) is 11.3. The maximum atomic E-state index is 5.36. The Morgan fingerprint density at radius 3 is 3.10 bits per heavy atom. The Kier molecular flexibility index (Phi) is 3.48. The van der Waals surface area contributed by atoms with E-state index in [2.05, 4.69) is 35.9 Å². The van der Waals surface area contributed by atoms with Gasteiger partial charge in [0.25, 0.3) is 0 Å². The van der Waals surface area contributed by atoms with Crippen LogP contribution in [-0.4, -0.2) is 32.3 Å². The van der Waals surface area contributed by atoms with Crippen molar-refractivity contribution in [3.63, 3.8) is 0 Å². The van der Waals surface area contributed by atoms with Crippen LogP contribution in [0.15, 0.2) is 24.5 Å². The molecule has 0 saturated carbocycles. The number of aromatic nitrogens is 5. The molecule has 0 aliphatic carbocycles. The van der Waals surface area contributed by atoms with Crippen molar-refractivity contribution in [3.05, 3.63) is 30.1 Å². The number of nitrogens with zero attached hydrogens (tertiary/aromatic N) is 4. The van der Waals surface area contributed by atoms with Crippen LogP contribution in [0.5, 0.6) is 5.88 Å². The topological polar surface area (TPSA) is 127 Å². The smallest absolute Gasteiger partial charge is 0.241 e. The van der Waals surface area contributed by atoms with E-state index >= 15 is 0 Å². The minimum atomic E-state index is 0.307. The van der Waals surface area contributed by atoms with Crippen molar-refractivity contribution in [2.75, 3.05) is 17.9 Å². The first kappa shape index (κ1) is 13.1. The summed E-state index contributed by atoms with van der Waals surface area (Å²) in [6, 6.07) is 3.74. The molecule has 3 aromatic heterocycles. The van der Waals surface area contributed by atoms with Crippen molar-refractivity contribution in [1.82, 2.24) is 25.1 Å². The Bertz CT molecular complexity index is 756. The van der Waals surface area contributed by atoms with E-state index in [1.807, 2.05) is 12.1 Å². The lowest BCUT2D eigenvalue weighted by atomic mass is 10.2. The number of fused-ring (bicyclic) bond motifs is 1. The van der Waals surface area contributed by atoms with E-state index in [1.165, 1.54) is 0 Å². The quantitative estimate of drug-likeness (QED) is 0.398. The number of methoxy groups -OCH3 is 1. The monoisotopic (exact) mass is 286 g/mol. The second-order valence-corrected chi connectivity index (χ2v) is 4.23. The molecular formula is C12H14N8O. The Labute approximate surface area is 119 Å². The van der Waals surface area contributed by atoms with Crippen LogP contribution in [0.1, 0.15) is 5.56 Å². The molecule has 0 radical (unpaired) electrons. The van der Waals surface area contributed by atoms with Crippen LogP contribution >= 0.6 is 0 Å². The molecule has 0 aliphatic rings. The summed E-state index contributed by atoms with van der Waals surface area (Å²) in [7, 11) is 1.58. The third-order valence-electron chi connectivity index (χ3n) is 2.91. The number of aromatic amines is 1. The van der Waals surface area contributed by atoms with Crippen LogP contribution in [0.4, 0.5) is 11.8 Å². The van der Waals surface area contributed by atoms with E-state index in [1.54, 1.807) is 19.5 Å². The van der Waals surface area contributed by atoms with Gasteiger partial charge in [0.1, 0.15) is 5.82 Å². The third kappa shape index (κ3) is 2.67. The molecule has 0 fully saturated rings. The number of nitrogen functional groups attached to an aromatic ring is 1. The lowest BCUT2D eigenvalue weighted by Crippen LogP contribution is -2.12. The molecule has 0 aromatic carbocycles. The predicted molar refractivity (Wildman–Crippen MR) is 77.6 cm³/mol. The summed E-state index contributed by atoms with van der Waals surface area (Å²) < 4.78 is 5.10. The summed E-state index contributed by atoms with van der Waals surface area (Å²) in [6.45, 7) is 0.556. The molecule has 3 aromatic rings. The average molecular weight is 286 g/mol. The molecule has 0 atom stereocenters. The van der Waals surface area contributed by atoms with E-state index in [0.29, 0.717) is 29.8 Å². The van der Waals surface area contributed by atoms with Gasteiger partial charge in [0.05, 0.1) is 18.7 Å². The second kappa shape index (κ2) is 5.59. The number of anilines is 2. The highest BCUT2D eigenvalue weighted by atomic mass is 16.5. The van der Waals surface area contributed by atoms with Crippen LogP contribution in [0.2, 0.25) is 0 Å². The van der Waals surface area contributed by atoms with Crippen LogP contribution in [0.25, 0.3) is 11.0 Å². The zero-order valence-corrected chi connectivity index (χ0v) is 11.3. The summed E-state index contributed by atoms with van der Waals surface area (Å²) in [5.41, 5.74) is 4.04. The largest absolute Gasteiger partial charge is 0.481 e. The molecule has 0 spiro atoms. The van der Waals surface area contributed by atoms with Gasteiger partial charge in [-0.15, -0.1) is 0 Å². The molecular weight excluding hydrogens is 272 g/mol. The Morgan fingerprint density at radius 1 is 1.38 bits per heavy atom. The highest BCUT2D eigenvalue weighted by molar-refractivity contribution is 5.86. The fraction of sp³-hybridized carbons (Fsp3) is 0.167. The van der Waals surface area contributed by atoms with Gasteiger partial charge in [-0.3, -0.25) is 10.5 Å². The lowest BCUT2D eigenvalue weighted by molar-refractivity contribution is 0.397. The van der Waals surface area contributed by atoms with Gasteiger partial charge in [0.2, 0.25) is 11.8 Å². The fourth-order valence-corrected chi connectivity index (χ4v) is 1.89. The number of hydrazine groups is 1. The Balaban J connectivity index is 1.85. The van der Waals surface area contributed by atoms with E-state index < -0.39 is 0 Å². The SMILES string of the molecule is COc1cc(CNc2nc(NN)nc3[nH]ncc23)ccn1. The molecule has 0 saturated heterocycles. The average Bonchev–Trinajstić information content (AvgIpc) is 3.01. The number of nitrogens with two attached hydrogens (primary N) is 1. The van der Waals surface area contributed by atoms with Gasteiger partial charge in [0.15, 0.2) is 5.65 Å². The maximum Gasteiger partial charge on any atom is 0.241 e. The molecule has 9 heteroatoms. The Morgan fingerprint density at radius 2 is 2.29 bits per heavy atom. The molecule has 108 valence electrons. The van der Waals surface area contributed by atoms with Gasteiger partial charge in [-0.2, -0.15) is 15.1 Å². The Hall–Kier alpha value is -2.94. The summed E-state index contributed by atoms with van der Waals surface area (Å²) >= 11 is 0. The molecule has 9 nitrogen and oxygen atoms in total. The normalized spacial score (nSPS) is 10.6. The number of nitrogens with one attached hydrogen (secondary N) is 3. The van der Waals surface area contributed by atoms with Crippen LogP contribution in [0, 0.1) is 0 Å². The van der Waals surface area contributed by atoms with Gasteiger partial charge in [-0.1, -0.05) is 0 Å². The van der Waals surface area contributed by atoms with Crippen molar-refractivity contribution in [2.45, 2.75) is 6.54 Å². The standard InChI is InChI=1S/C12H14N8O/c1-21-9-4-7(2-3-14-9)5-15-10-8-6-16-20-11(8)18-12(17-10)19-13/h2-4,6H,5,13H2,1H3,(H3,15,16,17,18,19,20). The lowest BCUT2D eigenvalue weighted by Gasteiger charge is -2.08. The predicted octanol–water partition coefficient (Wildman–Crippen LogP) is 0.654. The van der Waals surface area contributed by atoms with E-state index in [-0.39, 0.29) is 0 Å². The molecule has 5 N–H and O–H groups in total. The number of hydrogen-bond donors (Lipinski definition) is 4. The molecule has 21 heavy (non-hydrogen) atoms. The first-order valence-corrected chi connectivity index (χ1v) is 6.20. The van der Waals surface area contributed by atoms with Crippen molar-refractivity contribution in [2.24, 2.45) is 5.84 Å². The number of pyridine rings is 1. The van der Waals surface area contributed by atoms with Gasteiger partial charge in [-0.25, -0.2) is 10.8 Å². The molecule has 0 aliphatic heterocycles. The zero-order chi connectivity index (χ0) is 14.7. The third-order valence-corrected chi connectivity index (χ3v) is 2.91. The van der Waals surface area contributed by atoms with Crippen LogP contribution in [0.3, 0.4) is 0 Å². The number of rotatable bonds is 5. The summed E-state index contributed by atoms with van der Waals surface area (Å²) in [6.07, 6.45) is 3.35. The van der Waals surface area contributed by atoms with E-state index in [9.17, 15) is 0 Å². The van der Waals surface area contributed by atoms with Gasteiger partial charge < -0.3 is 10.1 Å². The van der Waals surface area contributed by atoms with Gasteiger partial charge in [-0.05, 0) is 11.6 Å². The minimum absolute atomic E-state index is 0.307. The maximum absolute atomic E-state index is 5.36. The van der Waals surface area contributed by atoms with E-state index in [0.717, 1.165) is 10.9 Å². The fourth-order valence-electron chi connectivity index (χ4n) is 1.89. The highest BCUT2D eigenvalue weighted by Gasteiger charge is 2.09. The van der Waals surface area contributed by atoms with Crippen LogP contribution in [-0.2, 0) is 6.54 Å². The highest BCUT2D eigenvalue weighted by Crippen LogP contribution is 2.20. The number of hydrogen-bond acceptors (Lipinski definition) is 8. The second-order valence-electron chi connectivity index (χ2n) is 4.23. The molecule has 3 rings (SSSR count). The number of ether oxygens (including phenoxy) is 1. The van der Waals surface area contributed by atoms with Crippen molar-refractivity contribution >= 4 is 22.8 Å². The molecule has 0 amide bonds. The summed E-state index contributed by atoms with van der Waals surface area (Å²) in [5, 5.41) is 10.8. The summed E-state index contributed by atoms with van der Waals surface area (Å²) in [4.78, 5) is 12.5. The minimum Gasteiger partial charge on any atom is -0.481 e. The van der Waals surface area contributed by atoms with Crippen molar-refractivity contribution < 1.29 is 4.74 Å². The molecule has 3 heterocycles. The van der Waals surface area contributed by atoms with Crippen molar-refractivity contribution in [3.8, 4) is 5.88 Å². The van der Waals surface area contributed by atoms with Crippen LogP contribution < -0.4 is 21.3 Å². The van der Waals surface area contributed by atoms with E-state index in [4.69, 9.17) is 10.6 Å². The first-order chi connectivity index (χ1) is 10.3. The van der Waals surface area contributed by atoms with Gasteiger partial charge >= 0.3 is 0 Å². The summed E-state index contributed by atoms with van der Waals surface area (Å²) in [5.74, 6) is 6.87.